The lowest BCUT2D eigenvalue weighted by atomic mass is 10.3. The fraction of sp³-hybridized carbons (Fsp3) is 0.667. The highest BCUT2D eigenvalue weighted by molar-refractivity contribution is 5.11. The molecule has 1 aromatic rings. The first-order chi connectivity index (χ1) is 5.90. The van der Waals surface area contributed by atoms with E-state index in [1.54, 1.807) is 13.3 Å². The zero-order valence-electron chi connectivity index (χ0n) is 7.36. The molecule has 12 heavy (non-hydrogen) atoms. The second kappa shape index (κ2) is 3.17. The van der Waals surface area contributed by atoms with Crippen LogP contribution in [0.2, 0.25) is 0 Å². The summed E-state index contributed by atoms with van der Waals surface area (Å²) in [5.41, 5.74) is 0. The van der Waals surface area contributed by atoms with Crippen molar-refractivity contribution in [1.29, 1.82) is 0 Å². The molecule has 1 aliphatic carbocycles. The number of nitrogens with zero attached hydrogens (tertiary/aromatic N) is 2. The van der Waals surface area contributed by atoms with Crippen LogP contribution in [-0.4, -0.2) is 16.9 Å². The predicted molar refractivity (Wildman–Crippen MR) is 46.3 cm³/mol. The van der Waals surface area contributed by atoms with Gasteiger partial charge in [-0.25, -0.2) is 0 Å². The van der Waals surface area contributed by atoms with E-state index in [0.717, 1.165) is 5.75 Å². The summed E-state index contributed by atoms with van der Waals surface area (Å²) in [5.74, 6) is 0.863. The topological polar surface area (TPSA) is 27.1 Å². The molecule has 0 amide bonds. The Balaban J connectivity index is 2.11. The predicted octanol–water partition coefficient (Wildman–Crippen LogP) is 2.01. The van der Waals surface area contributed by atoms with Crippen LogP contribution in [0.15, 0.2) is 12.4 Å². The summed E-state index contributed by atoms with van der Waals surface area (Å²) in [7, 11) is 1.68. The standard InChI is InChI=1S/C9H14N2O/c1-12-9-6-10-11(7-9)8-4-2-3-5-8/h6-8H,2-5H2,1H3. The second-order valence-electron chi connectivity index (χ2n) is 3.30. The van der Waals surface area contributed by atoms with Gasteiger partial charge in [0.25, 0.3) is 0 Å². The Morgan fingerprint density at radius 2 is 2.25 bits per heavy atom. The van der Waals surface area contributed by atoms with Crippen molar-refractivity contribution in [3.8, 4) is 5.75 Å². The summed E-state index contributed by atoms with van der Waals surface area (Å²) in [6, 6.07) is 0.619. The average molecular weight is 166 g/mol. The third-order valence-corrected chi connectivity index (χ3v) is 2.51. The Kier molecular flexibility index (Phi) is 2.02. The van der Waals surface area contributed by atoms with Crippen LogP contribution in [0.1, 0.15) is 31.7 Å². The van der Waals surface area contributed by atoms with E-state index in [1.807, 2.05) is 10.9 Å². The smallest absolute Gasteiger partial charge is 0.156 e. The summed E-state index contributed by atoms with van der Waals surface area (Å²) in [6.45, 7) is 0. The lowest BCUT2D eigenvalue weighted by Crippen LogP contribution is -2.04. The molecule has 0 radical (unpaired) electrons. The van der Waals surface area contributed by atoms with Gasteiger partial charge < -0.3 is 4.74 Å². The van der Waals surface area contributed by atoms with Crippen molar-refractivity contribution in [1.82, 2.24) is 9.78 Å². The van der Waals surface area contributed by atoms with Crippen LogP contribution in [0.4, 0.5) is 0 Å². The highest BCUT2D eigenvalue weighted by Crippen LogP contribution is 2.29. The van der Waals surface area contributed by atoms with Gasteiger partial charge in [0, 0.05) is 0 Å². The fourth-order valence-electron chi connectivity index (χ4n) is 1.79. The van der Waals surface area contributed by atoms with E-state index in [0.29, 0.717) is 6.04 Å². The quantitative estimate of drug-likeness (QED) is 0.672. The average Bonchev–Trinajstić information content (AvgIpc) is 2.75. The van der Waals surface area contributed by atoms with Crippen molar-refractivity contribution in [3.63, 3.8) is 0 Å². The molecular weight excluding hydrogens is 152 g/mol. The van der Waals surface area contributed by atoms with E-state index in [4.69, 9.17) is 4.74 Å². The lowest BCUT2D eigenvalue weighted by molar-refractivity contribution is 0.410. The summed E-state index contributed by atoms with van der Waals surface area (Å²) in [5, 5.41) is 4.26. The molecule has 0 bridgehead atoms. The minimum absolute atomic E-state index is 0.619. The largest absolute Gasteiger partial charge is 0.493 e. The number of aromatic nitrogens is 2. The number of hydrogen-bond donors (Lipinski definition) is 0. The fourth-order valence-corrected chi connectivity index (χ4v) is 1.79. The summed E-state index contributed by atoms with van der Waals surface area (Å²) in [6.07, 6.45) is 8.98. The molecular formula is C9H14N2O. The Labute approximate surface area is 72.3 Å². The summed E-state index contributed by atoms with van der Waals surface area (Å²) in [4.78, 5) is 0. The molecule has 0 saturated heterocycles. The van der Waals surface area contributed by atoms with E-state index in [2.05, 4.69) is 5.10 Å². The second-order valence-corrected chi connectivity index (χ2v) is 3.30. The first kappa shape index (κ1) is 7.65. The van der Waals surface area contributed by atoms with Crippen molar-refractivity contribution in [2.24, 2.45) is 0 Å². The van der Waals surface area contributed by atoms with E-state index in [1.165, 1.54) is 25.7 Å². The Hall–Kier alpha value is -0.990. The number of methoxy groups -OCH3 is 1. The van der Waals surface area contributed by atoms with Gasteiger partial charge in [-0.1, -0.05) is 12.8 Å². The molecule has 0 aliphatic heterocycles. The van der Waals surface area contributed by atoms with Crippen molar-refractivity contribution >= 4 is 0 Å². The molecule has 1 saturated carbocycles. The molecule has 0 spiro atoms. The monoisotopic (exact) mass is 166 g/mol. The molecule has 1 aliphatic rings. The van der Waals surface area contributed by atoms with Gasteiger partial charge in [-0.05, 0) is 12.8 Å². The number of ether oxygens (including phenoxy) is 1. The van der Waals surface area contributed by atoms with Crippen LogP contribution in [0.3, 0.4) is 0 Å². The van der Waals surface area contributed by atoms with Crippen molar-refractivity contribution in [3.05, 3.63) is 12.4 Å². The van der Waals surface area contributed by atoms with Gasteiger partial charge >= 0.3 is 0 Å². The maximum atomic E-state index is 5.07. The van der Waals surface area contributed by atoms with Crippen LogP contribution in [0.25, 0.3) is 0 Å². The molecule has 1 fully saturated rings. The molecule has 66 valence electrons. The van der Waals surface area contributed by atoms with E-state index in [-0.39, 0.29) is 0 Å². The highest BCUT2D eigenvalue weighted by Gasteiger charge is 2.17. The van der Waals surface area contributed by atoms with Crippen molar-refractivity contribution in [2.75, 3.05) is 7.11 Å². The van der Waals surface area contributed by atoms with E-state index < -0.39 is 0 Å². The molecule has 0 aromatic carbocycles. The zero-order chi connectivity index (χ0) is 8.39. The van der Waals surface area contributed by atoms with Crippen LogP contribution in [0, 0.1) is 0 Å². The Morgan fingerprint density at radius 3 is 2.83 bits per heavy atom. The van der Waals surface area contributed by atoms with Gasteiger partial charge in [0.2, 0.25) is 0 Å². The first-order valence-corrected chi connectivity index (χ1v) is 4.48. The van der Waals surface area contributed by atoms with Crippen LogP contribution >= 0.6 is 0 Å². The third-order valence-electron chi connectivity index (χ3n) is 2.51. The number of rotatable bonds is 2. The zero-order valence-corrected chi connectivity index (χ0v) is 7.36. The molecule has 3 heteroatoms. The minimum atomic E-state index is 0.619. The maximum absolute atomic E-state index is 5.07. The third kappa shape index (κ3) is 1.31. The lowest BCUT2D eigenvalue weighted by Gasteiger charge is -2.07. The van der Waals surface area contributed by atoms with Crippen molar-refractivity contribution in [2.45, 2.75) is 31.7 Å². The summed E-state index contributed by atoms with van der Waals surface area (Å²) >= 11 is 0. The van der Waals surface area contributed by atoms with Gasteiger partial charge in [0.05, 0.1) is 25.5 Å². The van der Waals surface area contributed by atoms with Crippen LogP contribution < -0.4 is 4.74 Å². The molecule has 1 aromatic heterocycles. The van der Waals surface area contributed by atoms with E-state index in [9.17, 15) is 0 Å². The molecule has 3 nitrogen and oxygen atoms in total. The maximum Gasteiger partial charge on any atom is 0.156 e. The van der Waals surface area contributed by atoms with Gasteiger partial charge in [-0.15, -0.1) is 0 Å². The first-order valence-electron chi connectivity index (χ1n) is 4.48. The molecule has 0 unspecified atom stereocenters. The van der Waals surface area contributed by atoms with Crippen molar-refractivity contribution < 1.29 is 4.74 Å². The minimum Gasteiger partial charge on any atom is -0.493 e. The molecule has 1 heterocycles. The SMILES string of the molecule is COc1cnn(C2CCCC2)c1. The van der Waals surface area contributed by atoms with Gasteiger partial charge in [-0.2, -0.15) is 5.10 Å². The van der Waals surface area contributed by atoms with Gasteiger partial charge in [0.15, 0.2) is 5.75 Å². The van der Waals surface area contributed by atoms with Gasteiger partial charge in [0.1, 0.15) is 0 Å². The normalized spacial score (nSPS) is 18.4. The van der Waals surface area contributed by atoms with Crippen LogP contribution in [-0.2, 0) is 0 Å². The summed E-state index contributed by atoms with van der Waals surface area (Å²) < 4.78 is 7.10. The highest BCUT2D eigenvalue weighted by atomic mass is 16.5. The molecule has 2 rings (SSSR count). The Morgan fingerprint density at radius 1 is 1.50 bits per heavy atom. The van der Waals surface area contributed by atoms with Crippen LogP contribution in [0.5, 0.6) is 5.75 Å². The molecule has 0 atom stereocenters. The van der Waals surface area contributed by atoms with E-state index >= 15 is 0 Å². The Bertz CT molecular complexity index is 251. The van der Waals surface area contributed by atoms with Gasteiger partial charge in [-0.3, -0.25) is 4.68 Å². The number of hydrogen-bond acceptors (Lipinski definition) is 2. The molecule has 0 N–H and O–H groups in total.